The maximum Gasteiger partial charge on any atom is 0.198 e. The smallest absolute Gasteiger partial charge is 0.198 e. The molecule has 4 nitrogen and oxygen atoms in total. The molecule has 1 aromatic carbocycles. The molecule has 96 valence electrons. The molecule has 0 radical (unpaired) electrons. The van der Waals surface area contributed by atoms with Crippen molar-refractivity contribution in [2.45, 2.75) is 6.92 Å². The number of rotatable bonds is 2. The largest absolute Gasteiger partial charge is 0.304 e. The van der Waals surface area contributed by atoms with Gasteiger partial charge in [0.15, 0.2) is 5.13 Å². The highest BCUT2D eigenvalue weighted by molar-refractivity contribution is 7.22. The average molecular weight is 262 g/mol. The number of nitrogens with one attached hydrogen (secondary N) is 1. The highest BCUT2D eigenvalue weighted by atomic mass is 32.1. The van der Waals surface area contributed by atoms with Crippen molar-refractivity contribution in [3.63, 3.8) is 0 Å². The monoisotopic (exact) mass is 262 g/mol. The first kappa shape index (κ1) is 11.9. The van der Waals surface area contributed by atoms with E-state index in [1.165, 1.54) is 10.3 Å². The van der Waals surface area contributed by atoms with Crippen LogP contribution in [-0.2, 0) is 0 Å². The third kappa shape index (κ3) is 2.48. The summed E-state index contributed by atoms with van der Waals surface area (Å²) in [4.78, 5) is 6.97. The van der Waals surface area contributed by atoms with Crippen molar-refractivity contribution in [1.29, 1.82) is 0 Å². The zero-order chi connectivity index (χ0) is 12.5. The predicted octanol–water partition coefficient (Wildman–Crippen LogP) is 2.18. The van der Waals surface area contributed by atoms with Gasteiger partial charge in [0, 0.05) is 26.2 Å². The van der Waals surface area contributed by atoms with E-state index in [-0.39, 0.29) is 0 Å². The number of thiazole rings is 1. The summed E-state index contributed by atoms with van der Waals surface area (Å²) in [5, 5.41) is 3.25. The van der Waals surface area contributed by atoms with Gasteiger partial charge in [0.05, 0.1) is 10.2 Å². The summed E-state index contributed by atoms with van der Waals surface area (Å²) in [6, 6.07) is 6.40. The fraction of sp³-hybridized carbons (Fsp3) is 0.462. The number of aromatic nitrogens is 1. The molecule has 1 aliphatic heterocycles. The molecule has 0 amide bonds. The van der Waals surface area contributed by atoms with E-state index in [1.54, 1.807) is 11.3 Å². The number of hydrazine groups is 1. The number of aryl methyl sites for hydroxylation is 1. The summed E-state index contributed by atoms with van der Waals surface area (Å²) in [7, 11) is 2.16. The van der Waals surface area contributed by atoms with Gasteiger partial charge in [-0.05, 0) is 31.7 Å². The molecule has 2 heterocycles. The second-order valence-corrected chi connectivity index (χ2v) is 5.92. The molecule has 5 heteroatoms. The molecule has 1 aromatic heterocycles. The van der Waals surface area contributed by atoms with Crippen LogP contribution in [0.1, 0.15) is 5.56 Å². The van der Waals surface area contributed by atoms with Crippen LogP contribution >= 0.6 is 11.3 Å². The van der Waals surface area contributed by atoms with Gasteiger partial charge in [-0.3, -0.25) is 5.43 Å². The minimum Gasteiger partial charge on any atom is -0.304 e. The molecule has 1 N–H and O–H groups in total. The molecule has 0 saturated carbocycles. The summed E-state index contributed by atoms with van der Waals surface area (Å²) in [5.41, 5.74) is 5.80. The van der Waals surface area contributed by atoms with Crippen LogP contribution in [0.4, 0.5) is 5.13 Å². The van der Waals surface area contributed by atoms with Crippen LogP contribution < -0.4 is 5.43 Å². The second-order valence-electron chi connectivity index (χ2n) is 4.89. The molecule has 18 heavy (non-hydrogen) atoms. The van der Waals surface area contributed by atoms with Crippen molar-refractivity contribution in [3.8, 4) is 0 Å². The fourth-order valence-electron chi connectivity index (χ4n) is 2.13. The normalized spacial score (nSPS) is 18.3. The van der Waals surface area contributed by atoms with E-state index in [2.05, 4.69) is 52.5 Å². The minimum atomic E-state index is 1.00. The van der Waals surface area contributed by atoms with Gasteiger partial charge in [-0.1, -0.05) is 17.4 Å². The highest BCUT2D eigenvalue weighted by Gasteiger charge is 2.14. The van der Waals surface area contributed by atoms with E-state index >= 15 is 0 Å². The van der Waals surface area contributed by atoms with Crippen LogP contribution in [0.3, 0.4) is 0 Å². The lowest BCUT2D eigenvalue weighted by Gasteiger charge is -2.32. The van der Waals surface area contributed by atoms with Gasteiger partial charge in [-0.15, -0.1) is 0 Å². The molecule has 0 aliphatic carbocycles. The number of piperazine rings is 1. The van der Waals surface area contributed by atoms with Crippen LogP contribution in [0.2, 0.25) is 0 Å². The van der Waals surface area contributed by atoms with Crippen molar-refractivity contribution in [2.24, 2.45) is 0 Å². The molecule has 3 rings (SSSR count). The average Bonchev–Trinajstić information content (AvgIpc) is 2.73. The van der Waals surface area contributed by atoms with Crippen molar-refractivity contribution < 1.29 is 0 Å². The van der Waals surface area contributed by atoms with E-state index in [9.17, 15) is 0 Å². The second kappa shape index (κ2) is 4.84. The topological polar surface area (TPSA) is 31.4 Å². The molecule has 1 saturated heterocycles. The van der Waals surface area contributed by atoms with Crippen molar-refractivity contribution in [1.82, 2.24) is 14.9 Å². The number of benzene rings is 1. The Morgan fingerprint density at radius 2 is 2.00 bits per heavy atom. The summed E-state index contributed by atoms with van der Waals surface area (Å²) in [6.07, 6.45) is 0. The number of nitrogens with zero attached hydrogens (tertiary/aromatic N) is 3. The van der Waals surface area contributed by atoms with Gasteiger partial charge in [0.2, 0.25) is 0 Å². The molecule has 0 spiro atoms. The first-order valence-corrected chi connectivity index (χ1v) is 7.10. The Morgan fingerprint density at radius 1 is 1.22 bits per heavy atom. The molecule has 1 aliphatic rings. The van der Waals surface area contributed by atoms with Crippen molar-refractivity contribution in [3.05, 3.63) is 23.8 Å². The van der Waals surface area contributed by atoms with Crippen LogP contribution in [0.15, 0.2) is 18.2 Å². The van der Waals surface area contributed by atoms with Crippen LogP contribution in [0, 0.1) is 6.92 Å². The van der Waals surface area contributed by atoms with Gasteiger partial charge in [0.1, 0.15) is 0 Å². The van der Waals surface area contributed by atoms with E-state index in [1.807, 2.05) is 0 Å². The van der Waals surface area contributed by atoms with Crippen molar-refractivity contribution >= 4 is 26.7 Å². The number of hydrogen-bond acceptors (Lipinski definition) is 5. The van der Waals surface area contributed by atoms with E-state index in [4.69, 9.17) is 0 Å². The quantitative estimate of drug-likeness (QED) is 0.899. The Morgan fingerprint density at radius 3 is 2.78 bits per heavy atom. The lowest BCUT2D eigenvalue weighted by Crippen LogP contribution is -2.46. The van der Waals surface area contributed by atoms with Crippen LogP contribution in [-0.4, -0.2) is 48.1 Å². The molecular weight excluding hydrogens is 244 g/mol. The molecule has 0 atom stereocenters. The summed E-state index contributed by atoms with van der Waals surface area (Å²) in [5.74, 6) is 0. The SMILES string of the molecule is Cc1ccc2nc(NN3CCN(C)CC3)sc2c1. The zero-order valence-electron chi connectivity index (χ0n) is 10.8. The number of hydrogen-bond donors (Lipinski definition) is 1. The third-order valence-corrected chi connectivity index (χ3v) is 4.22. The predicted molar refractivity (Wildman–Crippen MR) is 77.0 cm³/mol. The Hall–Kier alpha value is -1.17. The van der Waals surface area contributed by atoms with Gasteiger partial charge in [0.25, 0.3) is 0 Å². The molecule has 2 aromatic rings. The Bertz CT molecular complexity index is 543. The summed E-state index contributed by atoms with van der Waals surface area (Å²) >= 11 is 1.73. The van der Waals surface area contributed by atoms with Gasteiger partial charge >= 0.3 is 0 Å². The first-order chi connectivity index (χ1) is 8.70. The maximum absolute atomic E-state index is 4.62. The van der Waals surface area contributed by atoms with E-state index < -0.39 is 0 Å². The van der Waals surface area contributed by atoms with Crippen molar-refractivity contribution in [2.75, 3.05) is 38.7 Å². The maximum atomic E-state index is 4.62. The lowest BCUT2D eigenvalue weighted by atomic mass is 10.2. The van der Waals surface area contributed by atoms with Crippen LogP contribution in [0.25, 0.3) is 10.2 Å². The highest BCUT2D eigenvalue weighted by Crippen LogP contribution is 2.27. The van der Waals surface area contributed by atoms with E-state index in [0.717, 1.165) is 36.8 Å². The minimum absolute atomic E-state index is 1.00. The molecular formula is C13H18N4S. The first-order valence-electron chi connectivity index (χ1n) is 6.28. The molecule has 0 unspecified atom stereocenters. The van der Waals surface area contributed by atoms with Gasteiger partial charge in [-0.2, -0.15) is 0 Å². The number of likely N-dealkylation sites (N-methyl/N-ethyl adjacent to an activating group) is 1. The Labute approximate surface area is 111 Å². The van der Waals surface area contributed by atoms with E-state index in [0.29, 0.717) is 0 Å². The summed E-state index contributed by atoms with van der Waals surface area (Å²) < 4.78 is 1.26. The standard InChI is InChI=1S/C13H18N4S/c1-10-3-4-11-12(9-10)18-13(14-11)15-17-7-5-16(2)6-8-17/h3-4,9H,5-8H2,1-2H3,(H,14,15). The molecule has 0 bridgehead atoms. The van der Waals surface area contributed by atoms with Gasteiger partial charge in [-0.25, -0.2) is 9.99 Å². The van der Waals surface area contributed by atoms with Crippen LogP contribution in [0.5, 0.6) is 0 Å². The fourth-order valence-corrected chi connectivity index (χ4v) is 3.12. The zero-order valence-corrected chi connectivity index (χ0v) is 11.6. The Kier molecular flexibility index (Phi) is 3.20. The lowest BCUT2D eigenvalue weighted by molar-refractivity contribution is 0.179. The Balaban J connectivity index is 1.74. The third-order valence-electron chi connectivity index (χ3n) is 3.30. The number of fused-ring (bicyclic) bond motifs is 1. The number of anilines is 1. The summed E-state index contributed by atoms with van der Waals surface area (Å²) in [6.45, 7) is 6.43. The van der Waals surface area contributed by atoms with Gasteiger partial charge < -0.3 is 4.90 Å². The molecule has 1 fully saturated rings.